The number of hydrogen-bond acceptors (Lipinski definition) is 3. The summed E-state index contributed by atoms with van der Waals surface area (Å²) in [5.41, 5.74) is 0.951. The largest absolute Gasteiger partial charge is 0.335 e. The van der Waals surface area contributed by atoms with E-state index in [0.29, 0.717) is 28.3 Å². The van der Waals surface area contributed by atoms with Crippen LogP contribution in [0.5, 0.6) is 0 Å². The highest BCUT2D eigenvalue weighted by molar-refractivity contribution is 6.31. The minimum Gasteiger partial charge on any atom is -0.335 e. The molecule has 140 valence electrons. The van der Waals surface area contributed by atoms with Gasteiger partial charge in [0.1, 0.15) is 11.6 Å². The molecule has 1 heterocycles. The first kappa shape index (κ1) is 19.0. The Morgan fingerprint density at radius 2 is 1.96 bits per heavy atom. The Morgan fingerprint density at radius 1 is 1.22 bits per heavy atom. The number of nitrogens with one attached hydrogen (secondary N) is 1. The van der Waals surface area contributed by atoms with Crippen molar-refractivity contribution in [3.8, 4) is 0 Å². The molecule has 3 rings (SSSR count). The second kappa shape index (κ2) is 8.31. The van der Waals surface area contributed by atoms with Gasteiger partial charge in [-0.3, -0.25) is 9.59 Å². The van der Waals surface area contributed by atoms with E-state index in [-0.39, 0.29) is 30.2 Å². The average molecular weight is 388 g/mol. The third kappa shape index (κ3) is 4.71. The van der Waals surface area contributed by atoms with Gasteiger partial charge in [0.05, 0.1) is 23.9 Å². The van der Waals surface area contributed by atoms with E-state index in [2.05, 4.69) is 9.97 Å². The first-order valence-corrected chi connectivity index (χ1v) is 9.04. The van der Waals surface area contributed by atoms with Gasteiger partial charge in [-0.2, -0.15) is 0 Å². The molecule has 0 spiro atoms. The molecule has 1 N–H and O–H groups in total. The molecule has 2 aromatic carbocycles. The first-order valence-electron chi connectivity index (χ1n) is 8.67. The zero-order valence-corrected chi connectivity index (χ0v) is 15.6. The quantitative estimate of drug-likeness (QED) is 0.701. The van der Waals surface area contributed by atoms with E-state index in [4.69, 9.17) is 11.6 Å². The molecule has 0 atom stereocenters. The van der Waals surface area contributed by atoms with Gasteiger partial charge in [-0.25, -0.2) is 9.37 Å². The van der Waals surface area contributed by atoms with Gasteiger partial charge in [0.15, 0.2) is 0 Å². The fraction of sp³-hybridized carbons (Fsp3) is 0.250. The first-order chi connectivity index (χ1) is 13.0. The number of rotatable bonds is 6. The third-order valence-corrected chi connectivity index (χ3v) is 4.41. The van der Waals surface area contributed by atoms with Gasteiger partial charge in [0.2, 0.25) is 5.91 Å². The zero-order chi connectivity index (χ0) is 19.4. The molecular weight excluding hydrogens is 369 g/mol. The monoisotopic (exact) mass is 387 g/mol. The maximum atomic E-state index is 13.0. The third-order valence-electron chi connectivity index (χ3n) is 4.17. The van der Waals surface area contributed by atoms with Gasteiger partial charge in [-0.05, 0) is 42.3 Å². The van der Waals surface area contributed by atoms with E-state index in [1.54, 1.807) is 35.2 Å². The van der Waals surface area contributed by atoms with Gasteiger partial charge in [-0.1, -0.05) is 30.7 Å². The highest BCUT2D eigenvalue weighted by Crippen LogP contribution is 2.15. The molecule has 0 aliphatic rings. The van der Waals surface area contributed by atoms with Crippen molar-refractivity contribution in [3.05, 3.63) is 75.0 Å². The number of carbonyl (C=O) groups excluding carboxylic acids is 1. The Hall–Kier alpha value is -2.73. The van der Waals surface area contributed by atoms with Crippen molar-refractivity contribution in [1.82, 2.24) is 14.9 Å². The Bertz CT molecular complexity index is 1020. The molecule has 0 aliphatic carbocycles. The average Bonchev–Trinajstić information content (AvgIpc) is 2.63. The van der Waals surface area contributed by atoms with Crippen LogP contribution in [0, 0.1) is 5.82 Å². The molecule has 0 saturated carbocycles. The van der Waals surface area contributed by atoms with E-state index < -0.39 is 0 Å². The standard InChI is InChI=1S/C20H19ClFN3O2/c1-2-9-25(19(26)10-13-3-6-15(22)7-4-13)12-18-23-17-11-14(21)5-8-16(17)20(27)24-18/h3-8,11H,2,9-10,12H2,1H3,(H,23,24,27). The summed E-state index contributed by atoms with van der Waals surface area (Å²) in [7, 11) is 0. The highest BCUT2D eigenvalue weighted by atomic mass is 35.5. The molecule has 0 aliphatic heterocycles. The summed E-state index contributed by atoms with van der Waals surface area (Å²) in [5.74, 6) is -0.0545. The lowest BCUT2D eigenvalue weighted by molar-refractivity contribution is -0.131. The number of carbonyl (C=O) groups is 1. The van der Waals surface area contributed by atoms with Crippen LogP contribution in [-0.2, 0) is 17.8 Å². The van der Waals surface area contributed by atoms with Crippen LogP contribution in [0.4, 0.5) is 4.39 Å². The van der Waals surface area contributed by atoms with Crippen LogP contribution >= 0.6 is 11.6 Å². The molecule has 7 heteroatoms. The predicted octanol–water partition coefficient (Wildman–Crippen LogP) is 3.70. The predicted molar refractivity (Wildman–Crippen MR) is 103 cm³/mol. The summed E-state index contributed by atoms with van der Waals surface area (Å²) in [6.45, 7) is 2.68. The van der Waals surface area contributed by atoms with Gasteiger partial charge in [0.25, 0.3) is 5.56 Å². The summed E-state index contributed by atoms with van der Waals surface area (Å²) in [4.78, 5) is 33.8. The number of aromatic nitrogens is 2. The second-order valence-electron chi connectivity index (χ2n) is 6.29. The minimum absolute atomic E-state index is 0.114. The molecular formula is C20H19ClFN3O2. The van der Waals surface area contributed by atoms with E-state index in [1.165, 1.54) is 12.1 Å². The maximum Gasteiger partial charge on any atom is 0.258 e. The number of nitrogens with zero attached hydrogens (tertiary/aromatic N) is 2. The SMILES string of the molecule is CCCN(Cc1nc2cc(Cl)ccc2c(=O)[nH]1)C(=O)Cc1ccc(F)cc1. The number of amides is 1. The van der Waals surface area contributed by atoms with Crippen molar-refractivity contribution in [2.24, 2.45) is 0 Å². The maximum absolute atomic E-state index is 13.0. The smallest absolute Gasteiger partial charge is 0.258 e. The summed E-state index contributed by atoms with van der Waals surface area (Å²) >= 11 is 5.99. The van der Waals surface area contributed by atoms with Crippen LogP contribution in [0.15, 0.2) is 47.3 Å². The lowest BCUT2D eigenvalue weighted by Crippen LogP contribution is -2.34. The molecule has 1 amide bonds. The summed E-state index contributed by atoms with van der Waals surface area (Å²) in [6.07, 6.45) is 0.919. The van der Waals surface area contributed by atoms with Crippen LogP contribution < -0.4 is 5.56 Å². The van der Waals surface area contributed by atoms with Crippen LogP contribution in [0.25, 0.3) is 10.9 Å². The number of fused-ring (bicyclic) bond motifs is 1. The molecule has 27 heavy (non-hydrogen) atoms. The van der Waals surface area contributed by atoms with Crippen molar-refractivity contribution < 1.29 is 9.18 Å². The van der Waals surface area contributed by atoms with Crippen molar-refractivity contribution >= 4 is 28.4 Å². The molecule has 0 unspecified atom stereocenters. The highest BCUT2D eigenvalue weighted by Gasteiger charge is 2.16. The molecule has 0 bridgehead atoms. The van der Waals surface area contributed by atoms with E-state index in [1.807, 2.05) is 6.92 Å². The number of H-pyrrole nitrogens is 1. The Kier molecular flexibility index (Phi) is 5.86. The number of benzene rings is 2. The summed E-state index contributed by atoms with van der Waals surface area (Å²) < 4.78 is 13.0. The fourth-order valence-corrected chi connectivity index (χ4v) is 3.03. The normalized spacial score (nSPS) is 10.9. The van der Waals surface area contributed by atoms with Crippen LogP contribution in [0.2, 0.25) is 5.02 Å². The van der Waals surface area contributed by atoms with Crippen LogP contribution in [0.1, 0.15) is 24.7 Å². The van der Waals surface area contributed by atoms with Crippen LogP contribution in [0.3, 0.4) is 0 Å². The van der Waals surface area contributed by atoms with Crippen LogP contribution in [-0.4, -0.2) is 27.3 Å². The zero-order valence-electron chi connectivity index (χ0n) is 14.8. The second-order valence-corrected chi connectivity index (χ2v) is 6.73. The molecule has 0 fully saturated rings. The van der Waals surface area contributed by atoms with Crippen molar-refractivity contribution in [3.63, 3.8) is 0 Å². The Labute approximate surface area is 160 Å². The summed E-state index contributed by atoms with van der Waals surface area (Å²) in [6, 6.07) is 10.7. The van der Waals surface area contributed by atoms with Crippen molar-refractivity contribution in [1.29, 1.82) is 0 Å². The Morgan fingerprint density at radius 3 is 2.67 bits per heavy atom. The van der Waals surface area contributed by atoms with Gasteiger partial charge in [-0.15, -0.1) is 0 Å². The van der Waals surface area contributed by atoms with E-state index >= 15 is 0 Å². The number of hydrogen-bond donors (Lipinski definition) is 1. The molecule has 1 aromatic heterocycles. The molecule has 3 aromatic rings. The van der Waals surface area contributed by atoms with Crippen molar-refractivity contribution in [2.75, 3.05) is 6.54 Å². The Balaban J connectivity index is 1.83. The van der Waals surface area contributed by atoms with Gasteiger partial charge < -0.3 is 9.88 Å². The number of halogens is 2. The molecule has 0 saturated heterocycles. The minimum atomic E-state index is -0.340. The molecule has 5 nitrogen and oxygen atoms in total. The lowest BCUT2D eigenvalue weighted by Gasteiger charge is -2.22. The van der Waals surface area contributed by atoms with Crippen molar-refractivity contribution in [2.45, 2.75) is 26.3 Å². The molecule has 0 radical (unpaired) electrons. The topological polar surface area (TPSA) is 66.1 Å². The lowest BCUT2D eigenvalue weighted by atomic mass is 10.1. The van der Waals surface area contributed by atoms with Gasteiger partial charge in [0, 0.05) is 11.6 Å². The fourth-order valence-electron chi connectivity index (χ4n) is 2.87. The summed E-state index contributed by atoms with van der Waals surface area (Å²) in [5, 5.41) is 0.937. The van der Waals surface area contributed by atoms with E-state index in [0.717, 1.165) is 12.0 Å². The number of aromatic amines is 1. The van der Waals surface area contributed by atoms with Gasteiger partial charge >= 0.3 is 0 Å². The van der Waals surface area contributed by atoms with E-state index in [9.17, 15) is 14.0 Å².